The van der Waals surface area contributed by atoms with Crippen LogP contribution in [0, 0.1) is 0 Å². The minimum Gasteiger partial charge on any atom is -0.332 e. The van der Waals surface area contributed by atoms with Gasteiger partial charge >= 0.3 is 6.18 Å². The van der Waals surface area contributed by atoms with Crippen molar-refractivity contribution < 1.29 is 31.5 Å². The molecular formula is C23H22ClF5N6O2. The Labute approximate surface area is 212 Å². The molecule has 0 aliphatic heterocycles. The Kier molecular flexibility index (Phi) is 7.10. The van der Waals surface area contributed by atoms with Crippen molar-refractivity contribution in [3.63, 3.8) is 0 Å². The summed E-state index contributed by atoms with van der Waals surface area (Å²) in [6.07, 6.45) is -2.27. The molecule has 3 aromatic heterocycles. The molecule has 0 saturated heterocycles. The zero-order chi connectivity index (χ0) is 27.1. The topological polar surface area (TPSA) is 92.5 Å². The summed E-state index contributed by atoms with van der Waals surface area (Å²) >= 11 is 6.01. The minimum atomic E-state index is -5.02. The van der Waals surface area contributed by atoms with Crippen LogP contribution in [0.3, 0.4) is 0 Å². The SMILES string of the molecule is CC1(C)CC(C(=O)Nc2cnc(C(=O)N(CCF)CCF)c(C(F)(F)F)c2)c2cnc3cc(Cl)nn3c21. The monoisotopic (exact) mass is 544 g/mol. The van der Waals surface area contributed by atoms with E-state index in [0.29, 0.717) is 34.3 Å². The maximum Gasteiger partial charge on any atom is 0.418 e. The lowest BCUT2D eigenvalue weighted by Gasteiger charge is -2.22. The second-order valence-electron chi connectivity index (χ2n) is 9.22. The lowest BCUT2D eigenvalue weighted by Crippen LogP contribution is -2.36. The third kappa shape index (κ3) is 5.09. The first-order chi connectivity index (χ1) is 17.4. The van der Waals surface area contributed by atoms with Gasteiger partial charge in [-0.2, -0.15) is 18.3 Å². The fourth-order valence-electron chi connectivity index (χ4n) is 4.62. The van der Waals surface area contributed by atoms with E-state index in [0.717, 1.165) is 6.20 Å². The number of alkyl halides is 5. The summed E-state index contributed by atoms with van der Waals surface area (Å²) < 4.78 is 68.5. The second-order valence-corrected chi connectivity index (χ2v) is 9.60. The molecule has 14 heteroatoms. The molecule has 0 bridgehead atoms. The van der Waals surface area contributed by atoms with Gasteiger partial charge < -0.3 is 10.2 Å². The van der Waals surface area contributed by atoms with Crippen molar-refractivity contribution in [3.8, 4) is 0 Å². The summed E-state index contributed by atoms with van der Waals surface area (Å²) in [6.45, 7) is 0.509. The molecule has 8 nitrogen and oxygen atoms in total. The number of pyridine rings is 1. The molecule has 2 amide bonds. The Bertz CT molecular complexity index is 1350. The van der Waals surface area contributed by atoms with Crippen molar-refractivity contribution in [2.24, 2.45) is 0 Å². The van der Waals surface area contributed by atoms with Gasteiger partial charge in [0.1, 0.15) is 19.0 Å². The standard InChI is InChI=1S/C23H22ClF5N6O2/c1-22(2)9-13(14-11-30-17-8-16(24)33-35(17)19(14)22)20(36)32-12-7-15(23(27,28)29)18(31-10-12)21(37)34(5-3-25)6-4-26/h7-8,10-11,13H,3-6,9H2,1-2H3,(H,32,36). The Hall–Kier alpha value is -3.35. The van der Waals surface area contributed by atoms with Crippen LogP contribution >= 0.6 is 11.6 Å². The molecule has 37 heavy (non-hydrogen) atoms. The van der Waals surface area contributed by atoms with E-state index < -0.39 is 67.0 Å². The number of carbonyl (C=O) groups is 2. The summed E-state index contributed by atoms with van der Waals surface area (Å²) in [6, 6.07) is 2.15. The van der Waals surface area contributed by atoms with E-state index in [9.17, 15) is 31.5 Å². The molecule has 0 saturated carbocycles. The molecule has 1 N–H and O–H groups in total. The third-order valence-electron chi connectivity index (χ3n) is 6.19. The van der Waals surface area contributed by atoms with E-state index in [1.807, 2.05) is 13.8 Å². The van der Waals surface area contributed by atoms with Crippen molar-refractivity contribution >= 4 is 34.7 Å². The zero-order valence-electron chi connectivity index (χ0n) is 19.7. The Morgan fingerprint density at radius 1 is 1.16 bits per heavy atom. The first-order valence-corrected chi connectivity index (χ1v) is 11.6. The minimum absolute atomic E-state index is 0.224. The number of nitrogens with one attached hydrogen (secondary N) is 1. The quantitative estimate of drug-likeness (QED) is 0.440. The van der Waals surface area contributed by atoms with Gasteiger partial charge in [0.2, 0.25) is 5.91 Å². The van der Waals surface area contributed by atoms with E-state index in [4.69, 9.17) is 11.6 Å². The van der Waals surface area contributed by atoms with Crippen LogP contribution in [0.1, 0.15) is 53.5 Å². The number of carbonyl (C=O) groups excluding carboxylic acids is 2. The first-order valence-electron chi connectivity index (χ1n) is 11.2. The lowest BCUT2D eigenvalue weighted by atomic mass is 9.88. The highest BCUT2D eigenvalue weighted by atomic mass is 35.5. The molecule has 3 heterocycles. The number of hydrogen-bond acceptors (Lipinski definition) is 5. The van der Waals surface area contributed by atoms with Crippen LogP contribution in [0.25, 0.3) is 5.65 Å². The Balaban J connectivity index is 1.65. The van der Waals surface area contributed by atoms with E-state index in [1.54, 1.807) is 10.6 Å². The van der Waals surface area contributed by atoms with E-state index >= 15 is 0 Å². The summed E-state index contributed by atoms with van der Waals surface area (Å²) in [7, 11) is 0. The molecule has 198 valence electrons. The van der Waals surface area contributed by atoms with Crippen molar-refractivity contribution in [2.45, 2.75) is 37.8 Å². The molecule has 1 atom stereocenters. The highest BCUT2D eigenvalue weighted by Crippen LogP contribution is 2.46. The van der Waals surface area contributed by atoms with Crippen LogP contribution < -0.4 is 5.32 Å². The average molecular weight is 545 g/mol. The third-order valence-corrected chi connectivity index (χ3v) is 6.37. The van der Waals surface area contributed by atoms with Gasteiger partial charge in [-0.3, -0.25) is 9.59 Å². The highest BCUT2D eigenvalue weighted by Gasteiger charge is 2.43. The number of rotatable bonds is 7. The van der Waals surface area contributed by atoms with E-state index in [-0.39, 0.29) is 10.8 Å². The molecule has 4 rings (SSSR count). The maximum atomic E-state index is 13.8. The van der Waals surface area contributed by atoms with Crippen molar-refractivity contribution in [1.82, 2.24) is 24.5 Å². The molecule has 0 spiro atoms. The fourth-order valence-corrected chi connectivity index (χ4v) is 4.79. The number of hydrogen-bond donors (Lipinski definition) is 1. The van der Waals surface area contributed by atoms with Crippen LogP contribution in [0.15, 0.2) is 24.5 Å². The van der Waals surface area contributed by atoms with Crippen LogP contribution in [0.2, 0.25) is 5.15 Å². The van der Waals surface area contributed by atoms with Gasteiger partial charge in [0.05, 0.1) is 29.1 Å². The molecule has 1 aliphatic rings. The molecule has 1 aliphatic carbocycles. The first kappa shape index (κ1) is 26.7. The summed E-state index contributed by atoms with van der Waals surface area (Å²) in [5.74, 6) is -2.62. The number of amides is 2. The van der Waals surface area contributed by atoms with E-state index in [1.165, 1.54) is 6.20 Å². The normalized spacial score (nSPS) is 16.6. The number of halogens is 6. The fraction of sp³-hybridized carbons (Fsp3) is 0.435. The van der Waals surface area contributed by atoms with Gasteiger partial charge in [-0.25, -0.2) is 23.3 Å². The maximum absolute atomic E-state index is 13.8. The molecule has 0 fully saturated rings. The Morgan fingerprint density at radius 3 is 2.46 bits per heavy atom. The van der Waals surface area contributed by atoms with Crippen molar-refractivity contribution in [3.05, 3.63) is 52.2 Å². The van der Waals surface area contributed by atoms with Gasteiger partial charge in [0.25, 0.3) is 5.91 Å². The van der Waals surface area contributed by atoms with E-state index in [2.05, 4.69) is 20.4 Å². The molecule has 1 unspecified atom stereocenters. The second kappa shape index (κ2) is 9.84. The largest absolute Gasteiger partial charge is 0.418 e. The summed E-state index contributed by atoms with van der Waals surface area (Å²) in [5.41, 5.74) is -1.51. The van der Waals surface area contributed by atoms with Gasteiger partial charge in [-0.1, -0.05) is 25.4 Å². The molecule has 0 radical (unpaired) electrons. The van der Waals surface area contributed by atoms with Gasteiger partial charge in [0, 0.05) is 36.3 Å². The van der Waals surface area contributed by atoms with Crippen molar-refractivity contribution in [1.29, 1.82) is 0 Å². The average Bonchev–Trinajstić information content (AvgIpc) is 3.33. The van der Waals surface area contributed by atoms with Crippen molar-refractivity contribution in [2.75, 3.05) is 31.8 Å². The Morgan fingerprint density at radius 2 is 1.84 bits per heavy atom. The predicted octanol–water partition coefficient (Wildman–Crippen LogP) is 4.58. The van der Waals surface area contributed by atoms with Crippen LogP contribution in [-0.2, 0) is 16.4 Å². The van der Waals surface area contributed by atoms with Gasteiger partial charge in [-0.15, -0.1) is 0 Å². The summed E-state index contributed by atoms with van der Waals surface area (Å²) in [5, 5.41) is 6.90. The van der Waals surface area contributed by atoms with Gasteiger partial charge in [0.15, 0.2) is 10.8 Å². The lowest BCUT2D eigenvalue weighted by molar-refractivity contribution is -0.138. The van der Waals surface area contributed by atoms with Gasteiger partial charge in [-0.05, 0) is 12.5 Å². The number of anilines is 1. The molecular weight excluding hydrogens is 523 g/mol. The smallest absolute Gasteiger partial charge is 0.332 e. The molecule has 0 aromatic carbocycles. The van der Waals surface area contributed by atoms with Crippen LogP contribution in [-0.4, -0.2) is 62.7 Å². The zero-order valence-corrected chi connectivity index (χ0v) is 20.5. The summed E-state index contributed by atoms with van der Waals surface area (Å²) in [4.78, 5) is 34.3. The molecule has 3 aromatic rings. The van der Waals surface area contributed by atoms with Crippen LogP contribution in [0.5, 0.6) is 0 Å². The van der Waals surface area contributed by atoms with Crippen LogP contribution in [0.4, 0.5) is 27.6 Å². The predicted molar refractivity (Wildman–Crippen MR) is 124 cm³/mol. The highest BCUT2D eigenvalue weighted by molar-refractivity contribution is 6.29. The number of aromatic nitrogens is 4. The number of fused-ring (bicyclic) bond motifs is 3. The number of nitrogens with zero attached hydrogens (tertiary/aromatic N) is 5.